The molecule has 0 saturated carbocycles. The molecule has 1 aliphatic heterocycles. The minimum absolute atomic E-state index is 0.0785. The van der Waals surface area contributed by atoms with Gasteiger partial charge in [0.25, 0.3) is 0 Å². The van der Waals surface area contributed by atoms with Gasteiger partial charge in [-0.1, -0.05) is 13.0 Å². The fourth-order valence-electron chi connectivity index (χ4n) is 2.59. The SMILES string of the molecule is CC1CCC(c2cccnc2)N(C(=O)OC(C)(C)C)C1. The number of ether oxygens (including phenoxy) is 1. The molecular formula is C16H24N2O2. The van der Waals surface area contributed by atoms with E-state index in [1.165, 1.54) is 0 Å². The number of nitrogens with zero attached hydrogens (tertiary/aromatic N) is 2. The molecule has 0 bridgehead atoms. The van der Waals surface area contributed by atoms with Crippen molar-refractivity contribution in [3.8, 4) is 0 Å². The van der Waals surface area contributed by atoms with Gasteiger partial charge in [0.1, 0.15) is 5.60 Å². The Bertz CT molecular complexity index is 453. The first kappa shape index (κ1) is 14.8. The largest absolute Gasteiger partial charge is 0.444 e. The van der Waals surface area contributed by atoms with E-state index in [9.17, 15) is 4.79 Å². The summed E-state index contributed by atoms with van der Waals surface area (Å²) in [6.45, 7) is 8.62. The van der Waals surface area contributed by atoms with Crippen LogP contribution in [0.4, 0.5) is 4.79 Å². The summed E-state index contributed by atoms with van der Waals surface area (Å²) in [6, 6.07) is 4.03. The van der Waals surface area contributed by atoms with Crippen molar-refractivity contribution in [3.63, 3.8) is 0 Å². The lowest BCUT2D eigenvalue weighted by Gasteiger charge is -2.39. The third-order valence-corrected chi connectivity index (χ3v) is 3.51. The van der Waals surface area contributed by atoms with E-state index in [-0.39, 0.29) is 12.1 Å². The van der Waals surface area contributed by atoms with Crippen LogP contribution in [0.15, 0.2) is 24.5 Å². The summed E-state index contributed by atoms with van der Waals surface area (Å²) in [5.74, 6) is 0.510. The fourth-order valence-corrected chi connectivity index (χ4v) is 2.59. The third-order valence-electron chi connectivity index (χ3n) is 3.51. The number of piperidine rings is 1. The van der Waals surface area contributed by atoms with Gasteiger partial charge in [0.15, 0.2) is 0 Å². The van der Waals surface area contributed by atoms with Crippen LogP contribution >= 0.6 is 0 Å². The highest BCUT2D eigenvalue weighted by atomic mass is 16.6. The van der Waals surface area contributed by atoms with E-state index in [0.29, 0.717) is 5.92 Å². The topological polar surface area (TPSA) is 42.4 Å². The van der Waals surface area contributed by atoms with Gasteiger partial charge < -0.3 is 9.64 Å². The second-order valence-electron chi connectivity index (χ2n) is 6.62. The molecule has 1 amide bonds. The van der Waals surface area contributed by atoms with Crippen molar-refractivity contribution in [2.45, 2.75) is 52.2 Å². The molecule has 0 N–H and O–H groups in total. The molecule has 0 radical (unpaired) electrons. The van der Waals surface area contributed by atoms with Crippen LogP contribution in [0.25, 0.3) is 0 Å². The lowest BCUT2D eigenvalue weighted by molar-refractivity contribution is 0.00360. The maximum Gasteiger partial charge on any atom is 0.410 e. The van der Waals surface area contributed by atoms with E-state index in [2.05, 4.69) is 11.9 Å². The molecule has 0 aliphatic carbocycles. The first-order chi connectivity index (χ1) is 9.37. The molecule has 1 fully saturated rings. The van der Waals surface area contributed by atoms with Crippen LogP contribution in [0.3, 0.4) is 0 Å². The summed E-state index contributed by atoms with van der Waals surface area (Å²) in [5, 5.41) is 0. The average molecular weight is 276 g/mol. The summed E-state index contributed by atoms with van der Waals surface area (Å²) < 4.78 is 5.54. The van der Waals surface area contributed by atoms with Gasteiger partial charge in [-0.25, -0.2) is 4.79 Å². The molecule has 110 valence electrons. The number of hydrogen-bond donors (Lipinski definition) is 0. The number of amides is 1. The number of carbonyl (C=O) groups excluding carboxylic acids is 1. The quantitative estimate of drug-likeness (QED) is 0.783. The summed E-state index contributed by atoms with van der Waals surface area (Å²) in [5.41, 5.74) is 0.627. The maximum atomic E-state index is 12.4. The number of aromatic nitrogens is 1. The number of rotatable bonds is 1. The van der Waals surface area contributed by atoms with Gasteiger partial charge in [-0.15, -0.1) is 0 Å². The van der Waals surface area contributed by atoms with Crippen LogP contribution in [0, 0.1) is 5.92 Å². The zero-order valence-corrected chi connectivity index (χ0v) is 12.8. The Hall–Kier alpha value is -1.58. The van der Waals surface area contributed by atoms with Gasteiger partial charge in [0.05, 0.1) is 6.04 Å². The predicted molar refractivity (Wildman–Crippen MR) is 78.3 cm³/mol. The number of carbonyl (C=O) groups is 1. The molecule has 0 aromatic carbocycles. The van der Waals surface area contributed by atoms with Crippen molar-refractivity contribution in [3.05, 3.63) is 30.1 Å². The van der Waals surface area contributed by atoms with E-state index in [0.717, 1.165) is 24.9 Å². The second kappa shape index (κ2) is 5.81. The number of likely N-dealkylation sites (tertiary alicyclic amines) is 1. The lowest BCUT2D eigenvalue weighted by Crippen LogP contribution is -2.44. The summed E-state index contributed by atoms with van der Waals surface area (Å²) >= 11 is 0. The van der Waals surface area contributed by atoms with Crippen LogP contribution in [0.5, 0.6) is 0 Å². The van der Waals surface area contributed by atoms with Gasteiger partial charge >= 0.3 is 6.09 Å². The van der Waals surface area contributed by atoms with E-state index >= 15 is 0 Å². The molecule has 0 spiro atoms. The van der Waals surface area contributed by atoms with Gasteiger partial charge in [-0.3, -0.25) is 4.98 Å². The number of pyridine rings is 1. The summed E-state index contributed by atoms with van der Waals surface area (Å²) in [6.07, 6.45) is 5.47. The molecule has 4 nitrogen and oxygen atoms in total. The van der Waals surface area contributed by atoms with E-state index in [1.807, 2.05) is 44.0 Å². The Kier molecular flexibility index (Phi) is 4.31. The Labute approximate surface area is 121 Å². The minimum atomic E-state index is -0.461. The molecule has 2 atom stereocenters. The van der Waals surface area contributed by atoms with Crippen molar-refractivity contribution in [2.75, 3.05) is 6.54 Å². The van der Waals surface area contributed by atoms with Crippen LogP contribution in [-0.4, -0.2) is 28.1 Å². The molecule has 1 saturated heterocycles. The van der Waals surface area contributed by atoms with E-state index in [4.69, 9.17) is 4.74 Å². The normalized spacial score (nSPS) is 23.5. The van der Waals surface area contributed by atoms with Gasteiger partial charge in [0, 0.05) is 18.9 Å². The van der Waals surface area contributed by atoms with Crippen LogP contribution in [0.2, 0.25) is 0 Å². The average Bonchev–Trinajstić information content (AvgIpc) is 2.37. The molecule has 2 rings (SSSR count). The van der Waals surface area contributed by atoms with Crippen molar-refractivity contribution in [2.24, 2.45) is 5.92 Å². The molecule has 2 unspecified atom stereocenters. The minimum Gasteiger partial charge on any atom is -0.444 e. The molecule has 1 aliphatic rings. The van der Waals surface area contributed by atoms with Crippen LogP contribution < -0.4 is 0 Å². The van der Waals surface area contributed by atoms with Crippen LogP contribution in [0.1, 0.15) is 52.1 Å². The Morgan fingerprint density at radius 3 is 2.75 bits per heavy atom. The molecular weight excluding hydrogens is 252 g/mol. The van der Waals surface area contributed by atoms with Crippen molar-refractivity contribution < 1.29 is 9.53 Å². The zero-order chi connectivity index (χ0) is 14.8. The maximum absolute atomic E-state index is 12.4. The highest BCUT2D eigenvalue weighted by molar-refractivity contribution is 5.69. The Balaban J connectivity index is 2.19. The molecule has 2 heterocycles. The lowest BCUT2D eigenvalue weighted by atomic mass is 9.91. The predicted octanol–water partition coefficient (Wildman–Crippen LogP) is 3.79. The summed E-state index contributed by atoms with van der Waals surface area (Å²) in [4.78, 5) is 18.5. The molecule has 4 heteroatoms. The second-order valence-corrected chi connectivity index (χ2v) is 6.62. The van der Waals surface area contributed by atoms with Crippen molar-refractivity contribution in [1.82, 2.24) is 9.88 Å². The van der Waals surface area contributed by atoms with E-state index in [1.54, 1.807) is 6.20 Å². The van der Waals surface area contributed by atoms with Gasteiger partial charge in [-0.05, 0) is 51.2 Å². The number of hydrogen-bond acceptors (Lipinski definition) is 3. The summed E-state index contributed by atoms with van der Waals surface area (Å²) in [7, 11) is 0. The Morgan fingerprint density at radius 1 is 1.40 bits per heavy atom. The van der Waals surface area contributed by atoms with Crippen molar-refractivity contribution >= 4 is 6.09 Å². The van der Waals surface area contributed by atoms with Gasteiger partial charge in [-0.2, -0.15) is 0 Å². The Morgan fingerprint density at radius 2 is 2.15 bits per heavy atom. The standard InChI is InChI=1S/C16H24N2O2/c1-12-7-8-14(13-6-5-9-17-10-13)18(11-12)15(19)20-16(2,3)4/h5-6,9-10,12,14H,7-8,11H2,1-4H3. The smallest absolute Gasteiger partial charge is 0.410 e. The van der Waals surface area contributed by atoms with Crippen molar-refractivity contribution in [1.29, 1.82) is 0 Å². The van der Waals surface area contributed by atoms with Crippen LogP contribution in [-0.2, 0) is 4.74 Å². The zero-order valence-electron chi connectivity index (χ0n) is 12.8. The molecule has 20 heavy (non-hydrogen) atoms. The first-order valence-electron chi connectivity index (χ1n) is 7.26. The monoisotopic (exact) mass is 276 g/mol. The molecule has 1 aromatic rings. The molecule has 1 aromatic heterocycles. The first-order valence-corrected chi connectivity index (χ1v) is 7.26. The van der Waals surface area contributed by atoms with Gasteiger partial charge in [0.2, 0.25) is 0 Å². The highest BCUT2D eigenvalue weighted by Gasteiger charge is 2.33. The van der Waals surface area contributed by atoms with E-state index < -0.39 is 5.60 Å². The third kappa shape index (κ3) is 3.71. The highest BCUT2D eigenvalue weighted by Crippen LogP contribution is 2.33. The fraction of sp³-hybridized carbons (Fsp3) is 0.625.